The summed E-state index contributed by atoms with van der Waals surface area (Å²) >= 11 is 0. The van der Waals surface area contributed by atoms with Crippen molar-refractivity contribution in [2.45, 2.75) is 6.92 Å². The summed E-state index contributed by atoms with van der Waals surface area (Å²) in [7, 11) is 0. The van der Waals surface area contributed by atoms with Crippen LogP contribution in [-0.2, 0) is 0 Å². The van der Waals surface area contributed by atoms with Gasteiger partial charge in [-0.1, -0.05) is 24.3 Å². The van der Waals surface area contributed by atoms with E-state index in [1.807, 2.05) is 0 Å². The van der Waals surface area contributed by atoms with Gasteiger partial charge in [-0.3, -0.25) is 10.1 Å². The van der Waals surface area contributed by atoms with Crippen LogP contribution in [0.25, 0.3) is 11.8 Å². The molecule has 0 amide bonds. The van der Waals surface area contributed by atoms with E-state index >= 15 is 0 Å². The highest BCUT2D eigenvalue weighted by molar-refractivity contribution is 5.77. The first-order valence-electron chi connectivity index (χ1n) is 5.75. The summed E-state index contributed by atoms with van der Waals surface area (Å²) in [4.78, 5) is 10.7. The second-order valence-corrected chi connectivity index (χ2v) is 4.15. The second-order valence-electron chi connectivity index (χ2n) is 4.15. The van der Waals surface area contributed by atoms with Crippen LogP contribution in [0.15, 0.2) is 48.5 Å². The van der Waals surface area contributed by atoms with Gasteiger partial charge in [0.05, 0.1) is 10.5 Å². The van der Waals surface area contributed by atoms with Crippen LogP contribution >= 0.6 is 0 Å². The lowest BCUT2D eigenvalue weighted by molar-refractivity contribution is -0.374. The largest absolute Gasteiger partial charge is 0.277 e. The molecule has 0 spiro atoms. The minimum Gasteiger partial charge on any atom is -0.258 e. The topological polar surface area (TPSA) is 43.1 Å². The minimum absolute atomic E-state index is 0.00434. The Morgan fingerprint density at radius 2 is 1.89 bits per heavy atom. The van der Waals surface area contributed by atoms with E-state index < -0.39 is 4.92 Å². The van der Waals surface area contributed by atoms with Gasteiger partial charge in [-0.25, -0.2) is 4.39 Å². The van der Waals surface area contributed by atoms with Crippen LogP contribution in [0.5, 0.6) is 0 Å². The van der Waals surface area contributed by atoms with Gasteiger partial charge in [0.15, 0.2) is 0 Å². The van der Waals surface area contributed by atoms with Crippen LogP contribution < -0.4 is 0 Å². The van der Waals surface area contributed by atoms with Gasteiger partial charge >= 0.3 is 0 Å². The third-order valence-corrected chi connectivity index (χ3v) is 2.79. The normalized spacial score (nSPS) is 11.4. The highest BCUT2D eigenvalue weighted by atomic mass is 19.1. The van der Waals surface area contributed by atoms with E-state index in [1.165, 1.54) is 24.3 Å². The molecule has 4 heteroatoms. The van der Waals surface area contributed by atoms with Crippen molar-refractivity contribution >= 4 is 11.8 Å². The van der Waals surface area contributed by atoms with Crippen molar-refractivity contribution in [3.63, 3.8) is 0 Å². The zero-order valence-corrected chi connectivity index (χ0v) is 10.3. The monoisotopic (exact) mass is 257 g/mol. The van der Waals surface area contributed by atoms with E-state index in [-0.39, 0.29) is 11.5 Å². The van der Waals surface area contributed by atoms with Crippen LogP contribution in [0, 0.1) is 22.9 Å². The summed E-state index contributed by atoms with van der Waals surface area (Å²) in [6.07, 6.45) is 1.46. The highest BCUT2D eigenvalue weighted by Crippen LogP contribution is 2.21. The summed E-state index contributed by atoms with van der Waals surface area (Å²) in [5.74, 6) is -0.350. The quantitative estimate of drug-likeness (QED) is 0.475. The van der Waals surface area contributed by atoms with Crippen LogP contribution in [-0.4, -0.2) is 4.92 Å². The van der Waals surface area contributed by atoms with Crippen LogP contribution in [0.1, 0.15) is 16.7 Å². The molecule has 0 saturated carbocycles. The lowest BCUT2D eigenvalue weighted by atomic mass is 10.0. The Labute approximate surface area is 110 Å². The van der Waals surface area contributed by atoms with Crippen LogP contribution in [0.4, 0.5) is 4.39 Å². The number of benzene rings is 2. The molecule has 0 radical (unpaired) electrons. The van der Waals surface area contributed by atoms with Gasteiger partial charge in [-0.05, 0) is 42.3 Å². The molecule has 0 saturated heterocycles. The first-order valence-corrected chi connectivity index (χ1v) is 5.75. The average molecular weight is 257 g/mol. The molecule has 0 unspecified atom stereocenters. The van der Waals surface area contributed by atoms with Gasteiger partial charge in [0.25, 0.3) is 5.70 Å². The molecule has 0 atom stereocenters. The first-order chi connectivity index (χ1) is 9.08. The smallest absolute Gasteiger partial charge is 0.258 e. The molecule has 0 heterocycles. The zero-order chi connectivity index (χ0) is 13.8. The van der Waals surface area contributed by atoms with E-state index in [0.717, 1.165) is 0 Å². The molecule has 2 rings (SSSR count). The standard InChI is InChI=1S/C15H12FNO2/c1-11-9-14(16)8-7-13(11)10-15(17(18)19)12-5-3-2-4-6-12/h2-10H,1H3. The maximum Gasteiger partial charge on any atom is 0.277 e. The molecule has 19 heavy (non-hydrogen) atoms. The molecule has 0 fully saturated rings. The molecular weight excluding hydrogens is 245 g/mol. The predicted octanol–water partition coefficient (Wildman–Crippen LogP) is 3.91. The number of aryl methyl sites for hydroxylation is 1. The molecule has 2 aromatic rings. The Hall–Kier alpha value is -2.49. The number of halogens is 1. The Morgan fingerprint density at radius 3 is 2.47 bits per heavy atom. The maximum atomic E-state index is 13.0. The zero-order valence-electron chi connectivity index (χ0n) is 10.3. The Bertz CT molecular complexity index is 636. The van der Waals surface area contributed by atoms with E-state index in [2.05, 4.69) is 0 Å². The SMILES string of the molecule is Cc1cc(F)ccc1C=C(c1ccccc1)[N+](=O)[O-]. The van der Waals surface area contributed by atoms with Crippen molar-refractivity contribution < 1.29 is 9.31 Å². The Kier molecular flexibility index (Phi) is 3.71. The lowest BCUT2D eigenvalue weighted by Crippen LogP contribution is -1.98. The predicted molar refractivity (Wildman–Crippen MR) is 72.4 cm³/mol. The fraction of sp³-hybridized carbons (Fsp3) is 0.0667. The van der Waals surface area contributed by atoms with Crippen molar-refractivity contribution in [2.24, 2.45) is 0 Å². The van der Waals surface area contributed by atoms with E-state index in [0.29, 0.717) is 16.7 Å². The summed E-state index contributed by atoms with van der Waals surface area (Å²) in [5.41, 5.74) is 1.82. The third kappa shape index (κ3) is 3.04. The van der Waals surface area contributed by atoms with Crippen molar-refractivity contribution in [3.05, 3.63) is 81.2 Å². The molecule has 3 nitrogen and oxygen atoms in total. The summed E-state index contributed by atoms with van der Waals surface area (Å²) < 4.78 is 13.0. The molecular formula is C15H12FNO2. The molecule has 2 aromatic carbocycles. The molecule has 0 aliphatic heterocycles. The number of rotatable bonds is 3. The number of nitrogens with zero attached hydrogens (tertiary/aromatic N) is 1. The van der Waals surface area contributed by atoms with Gasteiger partial charge in [-0.2, -0.15) is 0 Å². The number of hydrogen-bond donors (Lipinski definition) is 0. The average Bonchev–Trinajstić information content (AvgIpc) is 2.38. The summed E-state index contributed by atoms with van der Waals surface area (Å²) in [5, 5.41) is 11.1. The number of nitro groups is 1. The summed E-state index contributed by atoms with van der Waals surface area (Å²) in [6.45, 7) is 1.72. The Morgan fingerprint density at radius 1 is 1.21 bits per heavy atom. The van der Waals surface area contributed by atoms with Crippen LogP contribution in [0.2, 0.25) is 0 Å². The van der Waals surface area contributed by atoms with Crippen LogP contribution in [0.3, 0.4) is 0 Å². The van der Waals surface area contributed by atoms with E-state index in [1.54, 1.807) is 37.3 Å². The van der Waals surface area contributed by atoms with E-state index in [9.17, 15) is 14.5 Å². The highest BCUT2D eigenvalue weighted by Gasteiger charge is 2.14. The van der Waals surface area contributed by atoms with Gasteiger partial charge < -0.3 is 0 Å². The maximum absolute atomic E-state index is 13.0. The van der Waals surface area contributed by atoms with Crippen molar-refractivity contribution in [3.8, 4) is 0 Å². The van der Waals surface area contributed by atoms with Crippen molar-refractivity contribution in [1.82, 2.24) is 0 Å². The van der Waals surface area contributed by atoms with Gasteiger partial charge in [0.2, 0.25) is 0 Å². The fourth-order valence-electron chi connectivity index (χ4n) is 1.80. The van der Waals surface area contributed by atoms with Gasteiger partial charge in [0, 0.05) is 6.08 Å². The second kappa shape index (κ2) is 5.44. The summed E-state index contributed by atoms with van der Waals surface area (Å²) in [6, 6.07) is 12.8. The molecule has 0 aliphatic carbocycles. The van der Waals surface area contributed by atoms with Crippen molar-refractivity contribution in [1.29, 1.82) is 0 Å². The molecule has 0 aliphatic rings. The lowest BCUT2D eigenvalue weighted by Gasteiger charge is -2.02. The third-order valence-electron chi connectivity index (χ3n) is 2.79. The molecule has 0 N–H and O–H groups in total. The number of hydrogen-bond acceptors (Lipinski definition) is 2. The Balaban J connectivity index is 2.51. The van der Waals surface area contributed by atoms with Crippen molar-refractivity contribution in [2.75, 3.05) is 0 Å². The molecule has 0 aromatic heterocycles. The fourth-order valence-corrected chi connectivity index (χ4v) is 1.80. The van der Waals surface area contributed by atoms with Gasteiger partial charge in [-0.15, -0.1) is 0 Å². The first kappa shape index (κ1) is 13.0. The van der Waals surface area contributed by atoms with Gasteiger partial charge in [0.1, 0.15) is 5.82 Å². The molecule has 0 bridgehead atoms. The van der Waals surface area contributed by atoms with E-state index in [4.69, 9.17) is 0 Å². The molecule has 96 valence electrons. The minimum atomic E-state index is -0.432.